The van der Waals surface area contributed by atoms with Gasteiger partial charge in [-0.05, 0) is 77.7 Å². The number of carbonyl (C=O) groups is 1. The summed E-state index contributed by atoms with van der Waals surface area (Å²) in [5.41, 5.74) is 2.18. The minimum atomic E-state index is -0.998. The molecule has 4 atom stereocenters. The molecule has 0 saturated heterocycles. The zero-order valence-corrected chi connectivity index (χ0v) is 23.2. The molecule has 1 amide bonds. The van der Waals surface area contributed by atoms with E-state index in [-0.39, 0.29) is 35.8 Å². The van der Waals surface area contributed by atoms with E-state index in [9.17, 15) is 23.8 Å². The van der Waals surface area contributed by atoms with Crippen LogP contribution in [0.1, 0.15) is 82.9 Å². The molecule has 0 bridgehead atoms. The molecule has 38 heavy (non-hydrogen) atoms. The number of halogens is 2. The SMILES string of the molecule is CC(=O)NC(Cc1cc(F)cc(F)c1)C(O)CNC1(c2cccc(C(C)C)c2)CC2(C)CC(O)CC2(C)C1. The van der Waals surface area contributed by atoms with Gasteiger partial charge in [-0.1, -0.05) is 52.0 Å². The van der Waals surface area contributed by atoms with E-state index in [2.05, 4.69) is 62.6 Å². The zero-order chi connectivity index (χ0) is 27.9. The molecular formula is C31H42F2N2O3. The molecule has 2 aliphatic carbocycles. The van der Waals surface area contributed by atoms with Gasteiger partial charge in [-0.15, -0.1) is 0 Å². The Balaban J connectivity index is 1.62. The Morgan fingerprint density at radius 3 is 2.21 bits per heavy atom. The first kappa shape index (κ1) is 28.7. The molecule has 4 unspecified atom stereocenters. The number of aliphatic hydroxyl groups is 2. The standard InChI is InChI=1S/C31H42F2N2O3/c1-19(2)22-7-6-8-23(12-22)31(17-29(4)14-26(37)15-30(29,5)18-31)34-16-28(38)27(35-20(3)36)11-21-9-24(32)13-25(33)10-21/h6-10,12-13,19,26-28,34,37-38H,11,14-18H2,1-5H3,(H,35,36). The molecule has 0 heterocycles. The second kappa shape index (κ2) is 10.7. The zero-order valence-electron chi connectivity index (χ0n) is 23.2. The van der Waals surface area contributed by atoms with E-state index in [0.717, 1.165) is 37.3 Å². The molecule has 0 aromatic heterocycles. The van der Waals surface area contributed by atoms with Crippen LogP contribution in [0.4, 0.5) is 8.78 Å². The summed E-state index contributed by atoms with van der Waals surface area (Å²) in [5, 5.41) is 28.3. The quantitative estimate of drug-likeness (QED) is 0.372. The summed E-state index contributed by atoms with van der Waals surface area (Å²) < 4.78 is 27.6. The van der Waals surface area contributed by atoms with Gasteiger partial charge in [-0.3, -0.25) is 4.79 Å². The molecule has 2 aromatic rings. The van der Waals surface area contributed by atoms with Gasteiger partial charge in [0.15, 0.2) is 0 Å². The van der Waals surface area contributed by atoms with Gasteiger partial charge in [0.2, 0.25) is 5.91 Å². The Labute approximate surface area is 225 Å². The van der Waals surface area contributed by atoms with Gasteiger partial charge in [0, 0.05) is 25.1 Å². The Kier molecular flexibility index (Phi) is 8.04. The molecule has 2 aromatic carbocycles. The van der Waals surface area contributed by atoms with Crippen molar-refractivity contribution < 1.29 is 23.8 Å². The lowest BCUT2D eigenvalue weighted by Crippen LogP contribution is -2.52. The van der Waals surface area contributed by atoms with Crippen LogP contribution in [0.25, 0.3) is 0 Å². The molecule has 5 nitrogen and oxygen atoms in total. The normalized spacial score (nSPS) is 30.3. The Morgan fingerprint density at radius 1 is 1.05 bits per heavy atom. The van der Waals surface area contributed by atoms with Crippen LogP contribution in [-0.2, 0) is 16.8 Å². The van der Waals surface area contributed by atoms with E-state index in [1.807, 2.05) is 0 Å². The number of aliphatic hydroxyl groups excluding tert-OH is 2. The van der Waals surface area contributed by atoms with Crippen LogP contribution in [0.3, 0.4) is 0 Å². The van der Waals surface area contributed by atoms with Crippen LogP contribution >= 0.6 is 0 Å². The summed E-state index contributed by atoms with van der Waals surface area (Å²) in [5.74, 6) is -1.35. The summed E-state index contributed by atoms with van der Waals surface area (Å²) in [6.07, 6.45) is 1.87. The highest BCUT2D eigenvalue weighted by Gasteiger charge is 2.63. The van der Waals surface area contributed by atoms with Crippen molar-refractivity contribution in [1.29, 1.82) is 0 Å². The largest absolute Gasteiger partial charge is 0.393 e. The van der Waals surface area contributed by atoms with Crippen molar-refractivity contribution in [3.8, 4) is 0 Å². The van der Waals surface area contributed by atoms with Crippen LogP contribution in [0.2, 0.25) is 0 Å². The van der Waals surface area contributed by atoms with Gasteiger partial charge in [0.05, 0.1) is 18.2 Å². The second-order valence-electron chi connectivity index (χ2n) is 12.6. The van der Waals surface area contributed by atoms with Crippen molar-refractivity contribution >= 4 is 5.91 Å². The van der Waals surface area contributed by atoms with Crippen LogP contribution in [0, 0.1) is 22.5 Å². The summed E-state index contributed by atoms with van der Waals surface area (Å²) in [4.78, 5) is 12.0. The fourth-order valence-corrected chi connectivity index (χ4v) is 7.17. The average Bonchev–Trinajstić information content (AvgIpc) is 3.15. The molecular weight excluding hydrogens is 486 g/mol. The number of fused-ring (bicyclic) bond motifs is 1. The fourth-order valence-electron chi connectivity index (χ4n) is 7.17. The van der Waals surface area contributed by atoms with Gasteiger partial charge in [0.1, 0.15) is 11.6 Å². The Bertz CT molecular complexity index is 1130. The number of rotatable bonds is 9. The molecule has 0 spiro atoms. The molecule has 0 aliphatic heterocycles. The summed E-state index contributed by atoms with van der Waals surface area (Å²) in [7, 11) is 0. The lowest BCUT2D eigenvalue weighted by atomic mass is 9.71. The number of hydrogen-bond donors (Lipinski definition) is 4. The maximum absolute atomic E-state index is 13.8. The molecule has 7 heteroatoms. The maximum atomic E-state index is 13.8. The van der Waals surface area contributed by atoms with Crippen molar-refractivity contribution in [2.75, 3.05) is 6.54 Å². The predicted molar refractivity (Wildman–Crippen MR) is 145 cm³/mol. The van der Waals surface area contributed by atoms with Crippen molar-refractivity contribution in [1.82, 2.24) is 10.6 Å². The highest BCUT2D eigenvalue weighted by atomic mass is 19.1. The van der Waals surface area contributed by atoms with Crippen LogP contribution < -0.4 is 10.6 Å². The Hall–Kier alpha value is -2.35. The summed E-state index contributed by atoms with van der Waals surface area (Å²) >= 11 is 0. The van der Waals surface area contributed by atoms with Crippen LogP contribution in [0.15, 0.2) is 42.5 Å². The number of benzene rings is 2. The highest BCUT2D eigenvalue weighted by Crippen LogP contribution is 2.67. The smallest absolute Gasteiger partial charge is 0.217 e. The van der Waals surface area contributed by atoms with Gasteiger partial charge in [-0.2, -0.15) is 0 Å². The highest BCUT2D eigenvalue weighted by molar-refractivity contribution is 5.73. The van der Waals surface area contributed by atoms with Crippen molar-refractivity contribution in [2.45, 2.75) is 96.4 Å². The molecule has 2 aliphatic rings. The summed E-state index contributed by atoms with van der Waals surface area (Å²) in [6, 6.07) is 11.1. The minimum absolute atomic E-state index is 0.0751. The first-order valence-electron chi connectivity index (χ1n) is 13.7. The lowest BCUT2D eigenvalue weighted by molar-refractivity contribution is -0.120. The van der Waals surface area contributed by atoms with E-state index >= 15 is 0 Å². The van der Waals surface area contributed by atoms with Gasteiger partial charge in [0.25, 0.3) is 0 Å². The first-order chi connectivity index (χ1) is 17.7. The molecule has 2 saturated carbocycles. The van der Waals surface area contributed by atoms with Crippen LogP contribution in [0.5, 0.6) is 0 Å². The Morgan fingerprint density at radius 2 is 1.66 bits per heavy atom. The number of carbonyl (C=O) groups excluding carboxylic acids is 1. The fraction of sp³-hybridized carbons (Fsp3) is 0.581. The minimum Gasteiger partial charge on any atom is -0.393 e. The van der Waals surface area contributed by atoms with E-state index in [1.165, 1.54) is 24.6 Å². The number of nitrogens with one attached hydrogen (secondary N) is 2. The van der Waals surface area contributed by atoms with E-state index in [4.69, 9.17) is 0 Å². The summed E-state index contributed by atoms with van der Waals surface area (Å²) in [6.45, 7) is 10.4. The topological polar surface area (TPSA) is 81.6 Å². The molecule has 4 rings (SSSR count). The molecule has 0 radical (unpaired) electrons. The van der Waals surface area contributed by atoms with E-state index in [0.29, 0.717) is 11.5 Å². The van der Waals surface area contributed by atoms with Crippen molar-refractivity contribution in [3.05, 3.63) is 70.8 Å². The maximum Gasteiger partial charge on any atom is 0.217 e. The molecule has 208 valence electrons. The third-order valence-corrected chi connectivity index (χ3v) is 9.20. The number of amides is 1. The van der Waals surface area contributed by atoms with Gasteiger partial charge < -0.3 is 20.8 Å². The third kappa shape index (κ3) is 5.80. The third-order valence-electron chi connectivity index (χ3n) is 9.20. The second-order valence-corrected chi connectivity index (χ2v) is 12.6. The molecule has 2 fully saturated rings. The van der Waals surface area contributed by atoms with Crippen molar-refractivity contribution in [3.63, 3.8) is 0 Å². The monoisotopic (exact) mass is 528 g/mol. The van der Waals surface area contributed by atoms with Gasteiger partial charge in [-0.25, -0.2) is 8.78 Å². The van der Waals surface area contributed by atoms with Gasteiger partial charge >= 0.3 is 0 Å². The predicted octanol–water partition coefficient (Wildman–Crippen LogP) is 4.94. The molecule has 4 N–H and O–H groups in total. The lowest BCUT2D eigenvalue weighted by Gasteiger charge is -2.36. The van der Waals surface area contributed by atoms with Crippen molar-refractivity contribution in [2.24, 2.45) is 10.8 Å². The van der Waals surface area contributed by atoms with Crippen LogP contribution in [-0.4, -0.2) is 40.9 Å². The van der Waals surface area contributed by atoms with E-state index in [1.54, 1.807) is 0 Å². The number of hydrogen-bond acceptors (Lipinski definition) is 4. The first-order valence-corrected chi connectivity index (χ1v) is 13.7. The average molecular weight is 529 g/mol. The van der Waals surface area contributed by atoms with E-state index < -0.39 is 29.3 Å².